The third-order valence-corrected chi connectivity index (χ3v) is 3.28. The second kappa shape index (κ2) is 4.76. The molecule has 1 aliphatic rings. The van der Waals surface area contributed by atoms with Crippen LogP contribution >= 0.6 is 23.2 Å². The largest absolute Gasteiger partial charge is 0.434 e. The van der Waals surface area contributed by atoms with Crippen LogP contribution in [0.4, 0.5) is 5.69 Å². The van der Waals surface area contributed by atoms with Gasteiger partial charge in [-0.3, -0.25) is 0 Å². The van der Waals surface area contributed by atoms with Crippen molar-refractivity contribution in [3.63, 3.8) is 0 Å². The minimum atomic E-state index is -0.516. The quantitative estimate of drug-likeness (QED) is 0.840. The summed E-state index contributed by atoms with van der Waals surface area (Å²) in [6.07, 6.45) is -0.516. The summed E-state index contributed by atoms with van der Waals surface area (Å²) in [5.74, 6) is -0.332. The first-order chi connectivity index (χ1) is 9.13. The molecular formula is C14H9Cl2NO2. The third-order valence-electron chi connectivity index (χ3n) is 2.85. The lowest BCUT2D eigenvalue weighted by Gasteiger charge is -2.14. The van der Waals surface area contributed by atoms with Crippen molar-refractivity contribution in [3.8, 4) is 0 Å². The molecule has 96 valence electrons. The maximum Gasteiger partial charge on any atom is 0.340 e. The Bertz CT molecular complexity index is 637. The molecule has 5 heteroatoms. The highest BCUT2D eigenvalue weighted by Gasteiger charge is 2.30. The van der Waals surface area contributed by atoms with Gasteiger partial charge in [0.25, 0.3) is 0 Å². The number of anilines is 1. The summed E-state index contributed by atoms with van der Waals surface area (Å²) in [5.41, 5.74) is 2.09. The van der Waals surface area contributed by atoms with Gasteiger partial charge < -0.3 is 10.1 Å². The van der Waals surface area contributed by atoms with Crippen molar-refractivity contribution in [3.05, 3.63) is 63.6 Å². The third kappa shape index (κ3) is 2.39. The lowest BCUT2D eigenvalue weighted by molar-refractivity contribution is 0.0437. The van der Waals surface area contributed by atoms with E-state index < -0.39 is 6.23 Å². The van der Waals surface area contributed by atoms with Crippen LogP contribution in [0.2, 0.25) is 10.0 Å². The van der Waals surface area contributed by atoms with Crippen LogP contribution in [0.25, 0.3) is 0 Å². The van der Waals surface area contributed by atoms with Crippen LogP contribution in [0.5, 0.6) is 0 Å². The number of carbonyl (C=O) groups excluding carboxylic acids is 1. The molecule has 2 aromatic rings. The van der Waals surface area contributed by atoms with Gasteiger partial charge in [0.2, 0.25) is 6.23 Å². The fourth-order valence-electron chi connectivity index (χ4n) is 2.04. The van der Waals surface area contributed by atoms with Gasteiger partial charge in [0.1, 0.15) is 0 Å². The fourth-order valence-corrected chi connectivity index (χ4v) is 2.57. The van der Waals surface area contributed by atoms with E-state index in [1.807, 2.05) is 12.1 Å². The Balaban J connectivity index is 1.91. The SMILES string of the molecule is O=C1O[C@H](Nc2cc(Cl)cc(Cl)c2)c2ccccc21. The van der Waals surface area contributed by atoms with Crippen molar-refractivity contribution >= 4 is 34.9 Å². The predicted molar refractivity (Wildman–Crippen MR) is 74.7 cm³/mol. The van der Waals surface area contributed by atoms with Crippen molar-refractivity contribution in [2.75, 3.05) is 5.32 Å². The number of carbonyl (C=O) groups is 1. The van der Waals surface area contributed by atoms with Crippen molar-refractivity contribution in [2.24, 2.45) is 0 Å². The van der Waals surface area contributed by atoms with Crippen LogP contribution in [0.1, 0.15) is 22.1 Å². The van der Waals surface area contributed by atoms with Gasteiger partial charge in [-0.1, -0.05) is 41.4 Å². The molecule has 0 radical (unpaired) electrons. The van der Waals surface area contributed by atoms with Crippen molar-refractivity contribution in [1.82, 2.24) is 0 Å². The molecule has 3 nitrogen and oxygen atoms in total. The number of cyclic esters (lactones) is 1. The minimum absolute atomic E-state index is 0.332. The highest BCUT2D eigenvalue weighted by atomic mass is 35.5. The summed E-state index contributed by atoms with van der Waals surface area (Å²) >= 11 is 11.9. The first-order valence-electron chi connectivity index (χ1n) is 5.66. The van der Waals surface area contributed by atoms with Crippen molar-refractivity contribution in [1.29, 1.82) is 0 Å². The van der Waals surface area contributed by atoms with Gasteiger partial charge in [0.05, 0.1) is 5.56 Å². The molecule has 0 amide bonds. The molecule has 3 rings (SSSR count). The molecule has 0 aliphatic carbocycles. The number of fused-ring (bicyclic) bond motifs is 1. The Morgan fingerprint density at radius 1 is 1.05 bits per heavy atom. The zero-order valence-electron chi connectivity index (χ0n) is 9.69. The summed E-state index contributed by atoms with van der Waals surface area (Å²) in [4.78, 5) is 11.7. The van der Waals surface area contributed by atoms with Crippen LogP contribution in [0, 0.1) is 0 Å². The van der Waals surface area contributed by atoms with E-state index >= 15 is 0 Å². The number of rotatable bonds is 2. The number of esters is 1. The van der Waals surface area contributed by atoms with E-state index in [0.29, 0.717) is 21.3 Å². The molecule has 19 heavy (non-hydrogen) atoms. The van der Waals surface area contributed by atoms with E-state index in [1.165, 1.54) is 0 Å². The average Bonchev–Trinajstić information content (AvgIpc) is 2.66. The molecule has 0 aromatic heterocycles. The van der Waals surface area contributed by atoms with Crippen LogP contribution in [-0.2, 0) is 4.74 Å². The lowest BCUT2D eigenvalue weighted by Crippen LogP contribution is -2.10. The maximum absolute atomic E-state index is 11.7. The van der Waals surface area contributed by atoms with E-state index in [2.05, 4.69) is 5.32 Å². The number of benzene rings is 2. The van der Waals surface area contributed by atoms with Gasteiger partial charge in [-0.15, -0.1) is 0 Å². The summed E-state index contributed by atoms with van der Waals surface area (Å²) in [6, 6.07) is 12.3. The van der Waals surface area contributed by atoms with E-state index in [1.54, 1.807) is 30.3 Å². The molecule has 0 bridgehead atoms. The molecule has 2 aromatic carbocycles. The molecule has 0 unspecified atom stereocenters. The Labute approximate surface area is 120 Å². The summed E-state index contributed by atoms with van der Waals surface area (Å²) < 4.78 is 5.28. The van der Waals surface area contributed by atoms with Crippen LogP contribution in [-0.4, -0.2) is 5.97 Å². The Kier molecular flexibility index (Phi) is 3.09. The number of ether oxygens (including phenoxy) is 1. The molecule has 1 aliphatic heterocycles. The molecule has 0 saturated carbocycles. The Hall–Kier alpha value is -1.71. The van der Waals surface area contributed by atoms with Gasteiger partial charge in [0, 0.05) is 21.3 Å². The van der Waals surface area contributed by atoms with E-state index in [4.69, 9.17) is 27.9 Å². The number of nitrogens with one attached hydrogen (secondary N) is 1. The summed E-state index contributed by atoms with van der Waals surface area (Å²) in [6.45, 7) is 0. The standard InChI is InChI=1S/C14H9Cl2NO2/c15-8-5-9(16)7-10(6-8)17-13-11-3-1-2-4-12(11)14(18)19-13/h1-7,13,17H/t13-/m0/s1. The van der Waals surface area contributed by atoms with Gasteiger partial charge in [0.15, 0.2) is 0 Å². The minimum Gasteiger partial charge on any atom is -0.434 e. The molecule has 1 atom stereocenters. The van der Waals surface area contributed by atoms with Crippen molar-refractivity contribution < 1.29 is 9.53 Å². The van der Waals surface area contributed by atoms with Crippen LogP contribution in [0.15, 0.2) is 42.5 Å². The number of halogens is 2. The zero-order valence-corrected chi connectivity index (χ0v) is 11.2. The topological polar surface area (TPSA) is 38.3 Å². The van der Waals surface area contributed by atoms with Crippen LogP contribution in [0.3, 0.4) is 0 Å². The van der Waals surface area contributed by atoms with E-state index in [-0.39, 0.29) is 5.97 Å². The maximum atomic E-state index is 11.7. The fraction of sp³-hybridized carbons (Fsp3) is 0.0714. The number of hydrogen-bond acceptors (Lipinski definition) is 3. The van der Waals surface area contributed by atoms with Crippen molar-refractivity contribution in [2.45, 2.75) is 6.23 Å². The summed E-state index contributed by atoms with van der Waals surface area (Å²) in [7, 11) is 0. The zero-order chi connectivity index (χ0) is 13.4. The highest BCUT2D eigenvalue weighted by Crippen LogP contribution is 2.32. The molecule has 1 N–H and O–H groups in total. The lowest BCUT2D eigenvalue weighted by atomic mass is 10.1. The second-order valence-corrected chi connectivity index (χ2v) is 5.05. The van der Waals surface area contributed by atoms with Crippen LogP contribution < -0.4 is 5.32 Å². The summed E-state index contributed by atoms with van der Waals surface area (Å²) in [5, 5.41) is 4.14. The second-order valence-electron chi connectivity index (χ2n) is 4.18. The molecule has 0 fully saturated rings. The van der Waals surface area contributed by atoms with Gasteiger partial charge in [-0.25, -0.2) is 4.79 Å². The monoisotopic (exact) mass is 293 g/mol. The Morgan fingerprint density at radius 2 is 1.74 bits per heavy atom. The molecule has 0 spiro atoms. The van der Waals surface area contributed by atoms with Gasteiger partial charge in [-0.2, -0.15) is 0 Å². The molecule has 1 heterocycles. The number of hydrogen-bond donors (Lipinski definition) is 1. The first kappa shape index (κ1) is 12.3. The normalized spacial score (nSPS) is 16.9. The highest BCUT2D eigenvalue weighted by molar-refractivity contribution is 6.35. The van der Waals surface area contributed by atoms with E-state index in [9.17, 15) is 4.79 Å². The average molecular weight is 294 g/mol. The Morgan fingerprint density at radius 3 is 2.47 bits per heavy atom. The molecular weight excluding hydrogens is 285 g/mol. The van der Waals surface area contributed by atoms with Gasteiger partial charge >= 0.3 is 5.97 Å². The first-order valence-corrected chi connectivity index (χ1v) is 6.41. The smallest absolute Gasteiger partial charge is 0.340 e. The van der Waals surface area contributed by atoms with Gasteiger partial charge in [-0.05, 0) is 24.3 Å². The molecule has 0 saturated heterocycles. The predicted octanol–water partition coefficient (Wildman–Crippen LogP) is 4.27. The van der Waals surface area contributed by atoms with E-state index in [0.717, 1.165) is 5.56 Å².